The molecule has 0 aromatic carbocycles. The summed E-state index contributed by atoms with van der Waals surface area (Å²) >= 11 is 0. The van der Waals surface area contributed by atoms with E-state index in [2.05, 4.69) is 0 Å². The Morgan fingerprint density at radius 3 is 2.05 bits per heavy atom. The van der Waals surface area contributed by atoms with Gasteiger partial charge in [-0.1, -0.05) is 0 Å². The average molecular weight is 326 g/mol. The molecule has 2 aliphatic rings. The van der Waals surface area contributed by atoms with Crippen molar-refractivity contribution in [2.75, 3.05) is 6.61 Å². The highest BCUT2D eigenvalue weighted by molar-refractivity contribution is 4.92. The summed E-state index contributed by atoms with van der Waals surface area (Å²) in [5.41, 5.74) is 0. The van der Waals surface area contributed by atoms with Crippen LogP contribution in [-0.4, -0.2) is 104 Å². The highest BCUT2D eigenvalue weighted by Gasteiger charge is 2.49. The zero-order chi connectivity index (χ0) is 16.6. The molecule has 10 heteroatoms. The second-order valence-electron chi connectivity index (χ2n) is 5.51. The molecule has 2 saturated heterocycles. The topological polar surface area (TPSA) is 169 Å². The molecule has 2 fully saturated rings. The van der Waals surface area contributed by atoms with Crippen LogP contribution in [0.15, 0.2) is 0 Å². The standard InChI is InChI=1S/C12H22O10/c1-3-10(7(16)8(17)11(19)20-3)22-12-9(18)6(15)5(14)4(2-13)21-12/h3-19H,2H2,1H3/t3-,4-,5-,6+,7-,8-,9-,10-,11?,12-/m1/s1. The molecule has 0 radical (unpaired) electrons. The second-order valence-corrected chi connectivity index (χ2v) is 5.51. The van der Waals surface area contributed by atoms with E-state index in [0.717, 1.165) is 0 Å². The van der Waals surface area contributed by atoms with Gasteiger partial charge < -0.3 is 50.0 Å². The molecule has 0 amide bonds. The third-order valence-electron chi connectivity index (χ3n) is 3.94. The van der Waals surface area contributed by atoms with Gasteiger partial charge in [-0.05, 0) is 6.92 Å². The van der Waals surface area contributed by atoms with Gasteiger partial charge in [-0.25, -0.2) is 0 Å². The Balaban J connectivity index is 2.08. The Morgan fingerprint density at radius 2 is 1.45 bits per heavy atom. The highest BCUT2D eigenvalue weighted by Crippen LogP contribution is 2.28. The van der Waals surface area contributed by atoms with Crippen molar-refractivity contribution in [3.05, 3.63) is 0 Å². The van der Waals surface area contributed by atoms with Crippen molar-refractivity contribution in [1.82, 2.24) is 0 Å². The SMILES string of the molecule is C[C@H]1OC(O)[C@H](O)[C@@H](O)[C@@H]1O[C@H]1O[C@H](CO)[C@@H](O)[C@H](O)[C@H]1O. The molecular weight excluding hydrogens is 304 g/mol. The monoisotopic (exact) mass is 326 g/mol. The first-order valence-electron chi connectivity index (χ1n) is 6.93. The van der Waals surface area contributed by atoms with Gasteiger partial charge in [-0.3, -0.25) is 0 Å². The third kappa shape index (κ3) is 3.26. The van der Waals surface area contributed by atoms with E-state index in [1.807, 2.05) is 0 Å². The van der Waals surface area contributed by atoms with Crippen LogP contribution in [0.1, 0.15) is 6.92 Å². The van der Waals surface area contributed by atoms with E-state index in [9.17, 15) is 30.6 Å². The Labute approximate surface area is 126 Å². The van der Waals surface area contributed by atoms with Gasteiger partial charge in [0.25, 0.3) is 0 Å². The smallest absolute Gasteiger partial charge is 0.187 e. The summed E-state index contributed by atoms with van der Waals surface area (Å²) in [6.45, 7) is 0.846. The quantitative estimate of drug-likeness (QED) is 0.269. The molecule has 7 N–H and O–H groups in total. The molecule has 0 aromatic rings. The van der Waals surface area contributed by atoms with Crippen LogP contribution in [-0.2, 0) is 14.2 Å². The molecule has 0 saturated carbocycles. The van der Waals surface area contributed by atoms with E-state index in [1.54, 1.807) is 0 Å². The summed E-state index contributed by atoms with van der Waals surface area (Å²) in [7, 11) is 0. The normalized spacial score (nSPS) is 53.5. The summed E-state index contributed by atoms with van der Waals surface area (Å²) < 4.78 is 15.5. The molecule has 10 nitrogen and oxygen atoms in total. The lowest BCUT2D eigenvalue weighted by molar-refractivity contribution is -0.351. The molecule has 22 heavy (non-hydrogen) atoms. The van der Waals surface area contributed by atoms with Gasteiger partial charge in [0.1, 0.15) is 42.7 Å². The number of hydrogen-bond donors (Lipinski definition) is 7. The minimum Gasteiger partial charge on any atom is -0.394 e. The first kappa shape index (κ1) is 17.9. The van der Waals surface area contributed by atoms with Crippen LogP contribution in [0, 0.1) is 0 Å². The molecule has 0 aliphatic carbocycles. The number of hydrogen-bond acceptors (Lipinski definition) is 10. The van der Waals surface area contributed by atoms with Crippen molar-refractivity contribution in [1.29, 1.82) is 0 Å². The first-order valence-corrected chi connectivity index (χ1v) is 6.93. The van der Waals surface area contributed by atoms with E-state index >= 15 is 0 Å². The van der Waals surface area contributed by atoms with Gasteiger partial charge in [-0.2, -0.15) is 0 Å². The van der Waals surface area contributed by atoms with Crippen molar-refractivity contribution >= 4 is 0 Å². The van der Waals surface area contributed by atoms with Gasteiger partial charge in [0.2, 0.25) is 0 Å². The molecule has 0 bridgehead atoms. The maximum atomic E-state index is 9.92. The average Bonchev–Trinajstić information content (AvgIpc) is 2.49. The Hall–Kier alpha value is -0.400. The fraction of sp³-hybridized carbons (Fsp3) is 1.00. The minimum atomic E-state index is -1.64. The molecule has 2 heterocycles. The van der Waals surface area contributed by atoms with Crippen LogP contribution in [0.5, 0.6) is 0 Å². The molecule has 1 unspecified atom stereocenters. The maximum absolute atomic E-state index is 9.92. The third-order valence-corrected chi connectivity index (χ3v) is 3.94. The summed E-state index contributed by atoms with van der Waals surface area (Å²) in [5, 5.41) is 67.2. The molecule has 10 atom stereocenters. The second kappa shape index (κ2) is 7.01. The predicted molar refractivity (Wildman–Crippen MR) is 67.2 cm³/mol. The van der Waals surface area contributed by atoms with Crippen LogP contribution in [0.3, 0.4) is 0 Å². The summed E-state index contributed by atoms with van der Waals surface area (Å²) in [6.07, 6.45) is -14.2. The zero-order valence-corrected chi connectivity index (χ0v) is 11.8. The number of aliphatic hydroxyl groups is 7. The summed E-state index contributed by atoms with van der Waals surface area (Å²) in [6, 6.07) is 0. The van der Waals surface area contributed by atoms with Crippen LogP contribution in [0.2, 0.25) is 0 Å². The number of aliphatic hydroxyl groups excluding tert-OH is 7. The number of ether oxygens (including phenoxy) is 3. The van der Waals surface area contributed by atoms with E-state index in [0.29, 0.717) is 0 Å². The molecule has 0 spiro atoms. The summed E-state index contributed by atoms with van der Waals surface area (Å²) in [5.74, 6) is 0. The summed E-state index contributed by atoms with van der Waals surface area (Å²) in [4.78, 5) is 0. The van der Waals surface area contributed by atoms with Gasteiger partial charge in [-0.15, -0.1) is 0 Å². The Kier molecular flexibility index (Phi) is 5.72. The predicted octanol–water partition coefficient (Wildman–Crippen LogP) is -4.37. The molecule has 2 rings (SSSR count). The zero-order valence-electron chi connectivity index (χ0n) is 11.8. The largest absolute Gasteiger partial charge is 0.394 e. The minimum absolute atomic E-state index is 0.620. The van der Waals surface area contributed by atoms with Gasteiger partial charge in [0, 0.05) is 0 Å². The lowest BCUT2D eigenvalue weighted by Gasteiger charge is -2.44. The van der Waals surface area contributed by atoms with Crippen LogP contribution in [0.25, 0.3) is 0 Å². The highest BCUT2D eigenvalue weighted by atomic mass is 16.7. The van der Waals surface area contributed by atoms with Gasteiger partial charge >= 0.3 is 0 Å². The van der Waals surface area contributed by atoms with Crippen LogP contribution in [0.4, 0.5) is 0 Å². The van der Waals surface area contributed by atoms with E-state index in [4.69, 9.17) is 19.3 Å². The van der Waals surface area contributed by atoms with Gasteiger partial charge in [0.05, 0.1) is 12.7 Å². The van der Waals surface area contributed by atoms with Crippen molar-refractivity contribution in [2.24, 2.45) is 0 Å². The van der Waals surface area contributed by atoms with Gasteiger partial charge in [0.15, 0.2) is 12.6 Å². The van der Waals surface area contributed by atoms with E-state index in [-0.39, 0.29) is 0 Å². The maximum Gasteiger partial charge on any atom is 0.187 e. The molecule has 0 aromatic heterocycles. The Morgan fingerprint density at radius 1 is 0.818 bits per heavy atom. The van der Waals surface area contributed by atoms with Crippen molar-refractivity contribution in [3.8, 4) is 0 Å². The Bertz CT molecular complexity index is 366. The lowest BCUT2D eigenvalue weighted by atomic mass is 9.97. The van der Waals surface area contributed by atoms with Crippen molar-refractivity contribution in [2.45, 2.75) is 68.3 Å². The number of rotatable bonds is 3. The molecule has 130 valence electrons. The van der Waals surface area contributed by atoms with E-state index < -0.39 is 68.0 Å². The molecule has 2 aliphatic heterocycles. The molecular formula is C12H22O10. The fourth-order valence-corrected chi connectivity index (χ4v) is 2.54. The van der Waals surface area contributed by atoms with E-state index in [1.165, 1.54) is 6.92 Å². The first-order chi connectivity index (χ1) is 10.3. The van der Waals surface area contributed by atoms with Crippen LogP contribution < -0.4 is 0 Å². The van der Waals surface area contributed by atoms with Crippen molar-refractivity contribution < 1.29 is 50.0 Å². The van der Waals surface area contributed by atoms with Crippen molar-refractivity contribution in [3.63, 3.8) is 0 Å². The van der Waals surface area contributed by atoms with Crippen LogP contribution >= 0.6 is 0 Å². The lowest BCUT2D eigenvalue weighted by Crippen LogP contribution is -2.63. The fourth-order valence-electron chi connectivity index (χ4n) is 2.54.